The van der Waals surface area contributed by atoms with Gasteiger partial charge in [0.25, 0.3) is 0 Å². The molecule has 0 fully saturated rings. The minimum absolute atomic E-state index is 0.890. The minimum Gasteiger partial charge on any atom is -0.455 e. The molecule has 0 amide bonds. The molecule has 1 aromatic heterocycles. The molecule has 0 atom stereocenters. The highest BCUT2D eigenvalue weighted by Crippen LogP contribution is 2.48. The number of rotatable bonds is 4. The monoisotopic (exact) mass is 572 g/mol. The van der Waals surface area contributed by atoms with Crippen molar-refractivity contribution in [2.24, 2.45) is 0 Å². The van der Waals surface area contributed by atoms with Gasteiger partial charge in [0, 0.05) is 27.3 Å². The SMILES string of the molecule is c1ccc2c(-c3cccc4oc5c(-c6ccccc6)cccc5c34)c3ccccc3c(-c3ccccc3C3=CC=CCC3)c2c#1. The molecule has 0 radical (unpaired) electrons. The number of fused-ring (bicyclic) bond motifs is 5. The van der Waals surface area contributed by atoms with Gasteiger partial charge in [-0.3, -0.25) is 0 Å². The Bertz CT molecular complexity index is 2410. The molecule has 0 saturated heterocycles. The van der Waals surface area contributed by atoms with E-state index in [2.05, 4.69) is 152 Å². The lowest BCUT2D eigenvalue weighted by molar-refractivity contribution is 0.670. The maximum absolute atomic E-state index is 6.67. The van der Waals surface area contributed by atoms with Crippen LogP contribution in [-0.4, -0.2) is 0 Å². The largest absolute Gasteiger partial charge is 0.455 e. The van der Waals surface area contributed by atoms with Crippen LogP contribution in [0.3, 0.4) is 0 Å². The van der Waals surface area contributed by atoms with Crippen molar-refractivity contribution < 1.29 is 4.42 Å². The summed E-state index contributed by atoms with van der Waals surface area (Å²) in [5.74, 6) is 0. The smallest absolute Gasteiger partial charge is 0.143 e. The van der Waals surface area contributed by atoms with Crippen LogP contribution in [0, 0.1) is 12.1 Å². The molecule has 45 heavy (non-hydrogen) atoms. The van der Waals surface area contributed by atoms with Crippen LogP contribution in [0.2, 0.25) is 0 Å². The average Bonchev–Trinajstić information content (AvgIpc) is 3.51. The van der Waals surface area contributed by atoms with E-state index in [1.165, 1.54) is 38.6 Å². The van der Waals surface area contributed by atoms with Gasteiger partial charge in [0.05, 0.1) is 0 Å². The van der Waals surface area contributed by atoms with E-state index in [1.54, 1.807) is 0 Å². The summed E-state index contributed by atoms with van der Waals surface area (Å²) >= 11 is 0. The van der Waals surface area contributed by atoms with Crippen molar-refractivity contribution in [3.8, 4) is 33.4 Å². The first kappa shape index (κ1) is 25.6. The Kier molecular flexibility index (Phi) is 5.93. The fourth-order valence-electron chi connectivity index (χ4n) is 7.27. The highest BCUT2D eigenvalue weighted by atomic mass is 16.3. The van der Waals surface area contributed by atoms with E-state index in [-0.39, 0.29) is 0 Å². The minimum atomic E-state index is 0.890. The molecule has 0 N–H and O–H groups in total. The molecule has 1 nitrogen and oxygen atoms in total. The van der Waals surface area contributed by atoms with Crippen molar-refractivity contribution in [2.75, 3.05) is 0 Å². The molecule has 210 valence electrons. The second-order valence-electron chi connectivity index (χ2n) is 11.7. The molecule has 0 unspecified atom stereocenters. The lowest BCUT2D eigenvalue weighted by atomic mass is 9.82. The third-order valence-electron chi connectivity index (χ3n) is 9.22. The van der Waals surface area contributed by atoms with E-state index in [1.807, 2.05) is 6.07 Å². The highest BCUT2D eigenvalue weighted by Gasteiger charge is 2.22. The van der Waals surface area contributed by atoms with Crippen molar-refractivity contribution in [3.63, 3.8) is 0 Å². The molecule has 0 bridgehead atoms. The van der Waals surface area contributed by atoms with Crippen LogP contribution in [0.15, 0.2) is 150 Å². The van der Waals surface area contributed by atoms with Gasteiger partial charge in [0.15, 0.2) is 0 Å². The third-order valence-corrected chi connectivity index (χ3v) is 9.22. The molecule has 0 aliphatic heterocycles. The normalized spacial score (nSPS) is 13.0. The Morgan fingerprint density at radius 3 is 2.11 bits per heavy atom. The van der Waals surface area contributed by atoms with Gasteiger partial charge in [-0.2, -0.15) is 0 Å². The summed E-state index contributed by atoms with van der Waals surface area (Å²) in [4.78, 5) is 0. The van der Waals surface area contributed by atoms with Crippen LogP contribution >= 0.6 is 0 Å². The molecule has 0 spiro atoms. The quantitative estimate of drug-likeness (QED) is 0.204. The van der Waals surface area contributed by atoms with Gasteiger partial charge in [0.1, 0.15) is 11.2 Å². The molecule has 0 saturated carbocycles. The fraction of sp³-hybridized carbons (Fsp3) is 0.0455. The van der Waals surface area contributed by atoms with Gasteiger partial charge in [-0.15, -0.1) is 0 Å². The summed E-state index contributed by atoms with van der Waals surface area (Å²) in [5.41, 5.74) is 11.5. The zero-order chi connectivity index (χ0) is 29.7. The molecular formula is C44H28O. The van der Waals surface area contributed by atoms with Crippen LogP contribution in [0.25, 0.3) is 82.4 Å². The molecule has 8 aromatic rings. The third kappa shape index (κ3) is 4.04. The summed E-state index contributed by atoms with van der Waals surface area (Å²) in [6.07, 6.45) is 8.81. The fourth-order valence-corrected chi connectivity index (χ4v) is 7.27. The molecule has 1 aliphatic rings. The maximum atomic E-state index is 6.67. The van der Waals surface area contributed by atoms with E-state index in [4.69, 9.17) is 4.42 Å². The molecule has 9 rings (SSSR count). The second-order valence-corrected chi connectivity index (χ2v) is 11.7. The van der Waals surface area contributed by atoms with E-state index < -0.39 is 0 Å². The van der Waals surface area contributed by atoms with Crippen molar-refractivity contribution in [1.82, 2.24) is 0 Å². The first-order chi connectivity index (χ1) is 22.4. The van der Waals surface area contributed by atoms with Gasteiger partial charge in [-0.05, 0) is 80.6 Å². The first-order valence-electron chi connectivity index (χ1n) is 15.6. The summed E-state index contributed by atoms with van der Waals surface area (Å²) in [6, 6.07) is 52.2. The van der Waals surface area contributed by atoms with Crippen molar-refractivity contribution in [3.05, 3.63) is 163 Å². The van der Waals surface area contributed by atoms with Crippen LogP contribution < -0.4 is 0 Å². The van der Waals surface area contributed by atoms with Gasteiger partial charge in [-0.1, -0.05) is 140 Å². The second kappa shape index (κ2) is 10.4. The Balaban J connectivity index is 1.39. The number of furan rings is 1. The molecule has 1 heteroatoms. The van der Waals surface area contributed by atoms with Gasteiger partial charge < -0.3 is 4.42 Å². The van der Waals surface area contributed by atoms with Crippen LogP contribution in [0.1, 0.15) is 18.4 Å². The Morgan fingerprint density at radius 1 is 0.556 bits per heavy atom. The average molecular weight is 573 g/mol. The van der Waals surface area contributed by atoms with Gasteiger partial charge in [0.2, 0.25) is 0 Å². The Labute approximate surface area is 262 Å². The number of hydrogen-bond donors (Lipinski definition) is 0. The first-order valence-corrected chi connectivity index (χ1v) is 15.6. The molecular weight excluding hydrogens is 544 g/mol. The zero-order valence-electron chi connectivity index (χ0n) is 24.7. The predicted octanol–water partition coefficient (Wildman–Crippen LogP) is 12.2. The standard InChI is InChI=1S/C44H28O/c1-3-15-29(16-4-1)31-19-7-8-20-33(31)41-34-21-9-11-23-36(34)42(37-24-12-10-22-35(37)41)38-26-14-28-40-43(38)39-27-13-25-32(44(39)45-40)30-17-5-2-6-18-30/h1-3,5-9,11-15,17-21,23-28H,4,16H2. The lowest BCUT2D eigenvalue weighted by Crippen LogP contribution is -1.95. The Morgan fingerprint density at radius 2 is 1.27 bits per heavy atom. The van der Waals surface area contributed by atoms with Gasteiger partial charge in [-0.25, -0.2) is 0 Å². The lowest BCUT2D eigenvalue weighted by Gasteiger charge is -2.20. The highest BCUT2D eigenvalue weighted by molar-refractivity contribution is 6.26. The van der Waals surface area contributed by atoms with Crippen LogP contribution in [0.5, 0.6) is 0 Å². The molecule has 7 aromatic carbocycles. The number of hydrogen-bond acceptors (Lipinski definition) is 1. The predicted molar refractivity (Wildman–Crippen MR) is 189 cm³/mol. The summed E-state index contributed by atoms with van der Waals surface area (Å²) in [6.45, 7) is 0. The van der Waals surface area contributed by atoms with E-state index >= 15 is 0 Å². The molecule has 1 aliphatic carbocycles. The van der Waals surface area contributed by atoms with Crippen molar-refractivity contribution >= 4 is 49.1 Å². The van der Waals surface area contributed by atoms with Crippen molar-refractivity contribution in [1.29, 1.82) is 0 Å². The van der Waals surface area contributed by atoms with E-state index in [0.717, 1.165) is 62.2 Å². The maximum Gasteiger partial charge on any atom is 0.143 e. The Hall–Kier alpha value is -5.84. The zero-order valence-corrected chi connectivity index (χ0v) is 24.7. The van der Waals surface area contributed by atoms with E-state index in [0.29, 0.717) is 0 Å². The topological polar surface area (TPSA) is 13.1 Å². The summed E-state index contributed by atoms with van der Waals surface area (Å²) < 4.78 is 6.67. The molecule has 1 heterocycles. The van der Waals surface area contributed by atoms with Crippen molar-refractivity contribution in [2.45, 2.75) is 12.8 Å². The van der Waals surface area contributed by atoms with Crippen LogP contribution in [0.4, 0.5) is 0 Å². The van der Waals surface area contributed by atoms with Crippen LogP contribution in [-0.2, 0) is 0 Å². The summed E-state index contributed by atoms with van der Waals surface area (Å²) in [5, 5.41) is 6.93. The van der Waals surface area contributed by atoms with E-state index in [9.17, 15) is 0 Å². The number of para-hydroxylation sites is 1. The summed E-state index contributed by atoms with van der Waals surface area (Å²) in [7, 11) is 0. The van der Waals surface area contributed by atoms with Gasteiger partial charge >= 0.3 is 0 Å². The number of benzene rings is 6. The number of allylic oxidation sites excluding steroid dienone is 4.